The van der Waals surface area contributed by atoms with E-state index in [-0.39, 0.29) is 0 Å². The largest absolute Gasteiger partial charge is 0.320 e. The number of aryl methyl sites for hydroxylation is 1. The number of aldehydes is 1. The molecule has 0 atom stereocenters. The highest BCUT2D eigenvalue weighted by Gasteiger charge is 2.01. The van der Waals surface area contributed by atoms with Gasteiger partial charge in [0.15, 0.2) is 0 Å². The van der Waals surface area contributed by atoms with Crippen LogP contribution in [0.1, 0.15) is 16.2 Å². The summed E-state index contributed by atoms with van der Waals surface area (Å²) in [5.41, 5.74) is 0.697. The van der Waals surface area contributed by atoms with E-state index in [1.165, 1.54) is 0 Å². The van der Waals surface area contributed by atoms with Crippen LogP contribution in [-0.4, -0.2) is 21.1 Å². The van der Waals surface area contributed by atoms with Crippen LogP contribution in [0.3, 0.4) is 0 Å². The van der Waals surface area contributed by atoms with Crippen molar-refractivity contribution in [3.63, 3.8) is 0 Å². The number of aromatic nitrogens is 3. The zero-order valence-corrected chi connectivity index (χ0v) is 9.65. The van der Waals surface area contributed by atoms with Crippen molar-refractivity contribution in [3.05, 3.63) is 42.0 Å². The first-order chi connectivity index (χ1) is 7.79. The molecule has 1 aromatic heterocycles. The normalized spacial score (nSPS) is 10.3. The van der Waals surface area contributed by atoms with E-state index >= 15 is 0 Å². The van der Waals surface area contributed by atoms with Crippen molar-refractivity contribution < 1.29 is 4.79 Å². The highest BCUT2D eigenvalue weighted by atomic mass is 32.2. The number of thioether (sulfide) groups is 1. The van der Waals surface area contributed by atoms with E-state index in [9.17, 15) is 4.79 Å². The van der Waals surface area contributed by atoms with Gasteiger partial charge in [0.05, 0.1) is 5.75 Å². The van der Waals surface area contributed by atoms with Gasteiger partial charge in [0, 0.05) is 17.5 Å². The predicted molar refractivity (Wildman–Crippen MR) is 62.4 cm³/mol. The van der Waals surface area contributed by atoms with Gasteiger partial charge in [-0.25, -0.2) is 0 Å². The molecule has 0 saturated heterocycles. The van der Waals surface area contributed by atoms with Crippen LogP contribution in [0, 0.1) is 0 Å². The molecule has 1 heterocycles. The van der Waals surface area contributed by atoms with Crippen molar-refractivity contribution in [1.29, 1.82) is 0 Å². The molecule has 0 aliphatic rings. The number of rotatable bonds is 4. The van der Waals surface area contributed by atoms with E-state index in [0.717, 1.165) is 22.8 Å². The average Bonchev–Trinajstić information content (AvgIpc) is 2.73. The Hall–Kier alpha value is -1.62. The summed E-state index contributed by atoms with van der Waals surface area (Å²) < 4.78 is 1.90. The smallest absolute Gasteiger partial charge is 0.150 e. The van der Waals surface area contributed by atoms with Gasteiger partial charge in [-0.15, -0.1) is 22.0 Å². The molecule has 1 aromatic carbocycles. The standard InChI is InChI=1S/C11H11N3OS/c1-14-8-12-13-11(14)7-16-10-4-2-9(6-15)3-5-10/h2-6,8H,7H2,1H3. The summed E-state index contributed by atoms with van der Waals surface area (Å²) >= 11 is 1.67. The fraction of sp³-hybridized carbons (Fsp3) is 0.182. The summed E-state index contributed by atoms with van der Waals surface area (Å²) in [5.74, 6) is 1.71. The van der Waals surface area contributed by atoms with E-state index in [1.54, 1.807) is 18.1 Å². The molecule has 0 fully saturated rings. The highest BCUT2D eigenvalue weighted by molar-refractivity contribution is 7.98. The number of carbonyl (C=O) groups excluding carboxylic acids is 1. The maximum atomic E-state index is 10.5. The molecule has 0 spiro atoms. The first-order valence-corrected chi connectivity index (χ1v) is 5.79. The molecule has 0 unspecified atom stereocenters. The van der Waals surface area contributed by atoms with Gasteiger partial charge >= 0.3 is 0 Å². The lowest BCUT2D eigenvalue weighted by atomic mass is 10.2. The summed E-state index contributed by atoms with van der Waals surface area (Å²) in [6, 6.07) is 7.49. The maximum absolute atomic E-state index is 10.5. The lowest BCUT2D eigenvalue weighted by Gasteiger charge is -2.01. The van der Waals surface area contributed by atoms with Gasteiger partial charge in [0.2, 0.25) is 0 Å². The Morgan fingerprint density at radius 1 is 1.38 bits per heavy atom. The first-order valence-electron chi connectivity index (χ1n) is 4.80. The number of benzene rings is 1. The van der Waals surface area contributed by atoms with Crippen molar-refractivity contribution in [3.8, 4) is 0 Å². The molecule has 2 aromatic rings. The summed E-state index contributed by atoms with van der Waals surface area (Å²) in [6.45, 7) is 0. The molecule has 82 valence electrons. The molecule has 16 heavy (non-hydrogen) atoms. The van der Waals surface area contributed by atoms with Crippen LogP contribution < -0.4 is 0 Å². The van der Waals surface area contributed by atoms with E-state index in [1.807, 2.05) is 35.9 Å². The van der Waals surface area contributed by atoms with Crippen LogP contribution in [0.15, 0.2) is 35.5 Å². The Balaban J connectivity index is 1.99. The second-order valence-electron chi connectivity index (χ2n) is 3.33. The molecule has 0 amide bonds. The monoisotopic (exact) mass is 233 g/mol. The zero-order chi connectivity index (χ0) is 11.4. The van der Waals surface area contributed by atoms with Gasteiger partial charge < -0.3 is 4.57 Å². The molecule has 4 nitrogen and oxygen atoms in total. The van der Waals surface area contributed by atoms with E-state index < -0.39 is 0 Å². The second-order valence-corrected chi connectivity index (χ2v) is 4.38. The van der Waals surface area contributed by atoms with Crippen LogP contribution in [0.25, 0.3) is 0 Å². The maximum Gasteiger partial charge on any atom is 0.150 e. The Kier molecular flexibility index (Phi) is 3.36. The number of nitrogens with zero attached hydrogens (tertiary/aromatic N) is 3. The van der Waals surface area contributed by atoms with Crippen LogP contribution in [0.5, 0.6) is 0 Å². The number of hydrogen-bond donors (Lipinski definition) is 0. The fourth-order valence-electron chi connectivity index (χ4n) is 1.23. The SMILES string of the molecule is Cn1cnnc1CSc1ccc(C=O)cc1. The summed E-state index contributed by atoms with van der Waals surface area (Å²) in [6.07, 6.45) is 2.53. The van der Waals surface area contributed by atoms with Crippen molar-refractivity contribution in [2.24, 2.45) is 7.05 Å². The van der Waals surface area contributed by atoms with E-state index in [0.29, 0.717) is 5.56 Å². The molecular formula is C11H11N3OS. The lowest BCUT2D eigenvalue weighted by molar-refractivity contribution is 0.112. The number of hydrogen-bond acceptors (Lipinski definition) is 4. The van der Waals surface area contributed by atoms with Crippen molar-refractivity contribution in [2.75, 3.05) is 0 Å². The predicted octanol–water partition coefficient (Wildman–Crippen LogP) is 1.92. The molecule has 0 aliphatic carbocycles. The minimum absolute atomic E-state index is 0.697. The molecule has 2 rings (SSSR count). The molecule has 5 heteroatoms. The van der Waals surface area contributed by atoms with Crippen LogP contribution in [0.4, 0.5) is 0 Å². The van der Waals surface area contributed by atoms with E-state index in [4.69, 9.17) is 0 Å². The highest BCUT2D eigenvalue weighted by Crippen LogP contribution is 2.21. The van der Waals surface area contributed by atoms with Gasteiger partial charge in [-0.1, -0.05) is 12.1 Å². The average molecular weight is 233 g/mol. The van der Waals surface area contributed by atoms with E-state index in [2.05, 4.69) is 10.2 Å². The third kappa shape index (κ3) is 2.49. The minimum atomic E-state index is 0.697. The molecule has 0 saturated carbocycles. The Labute approximate surface area is 97.7 Å². The summed E-state index contributed by atoms with van der Waals surface area (Å²) in [7, 11) is 1.92. The second kappa shape index (κ2) is 4.94. The van der Waals surface area contributed by atoms with Gasteiger partial charge in [-0.2, -0.15) is 0 Å². The third-order valence-electron chi connectivity index (χ3n) is 2.19. The molecule has 0 aliphatic heterocycles. The van der Waals surface area contributed by atoms with Gasteiger partial charge in [0.1, 0.15) is 18.4 Å². The van der Waals surface area contributed by atoms with Crippen LogP contribution >= 0.6 is 11.8 Å². The minimum Gasteiger partial charge on any atom is -0.320 e. The van der Waals surface area contributed by atoms with Crippen molar-refractivity contribution in [1.82, 2.24) is 14.8 Å². The zero-order valence-electron chi connectivity index (χ0n) is 8.83. The Morgan fingerprint density at radius 3 is 2.69 bits per heavy atom. The first kappa shape index (κ1) is 10.9. The Morgan fingerprint density at radius 2 is 2.12 bits per heavy atom. The Bertz CT molecular complexity index is 478. The molecular weight excluding hydrogens is 222 g/mol. The van der Waals surface area contributed by atoms with Gasteiger partial charge in [0.25, 0.3) is 0 Å². The molecule has 0 N–H and O–H groups in total. The summed E-state index contributed by atoms with van der Waals surface area (Å²) in [5, 5.41) is 7.82. The van der Waals surface area contributed by atoms with Gasteiger partial charge in [-0.3, -0.25) is 4.79 Å². The summed E-state index contributed by atoms with van der Waals surface area (Å²) in [4.78, 5) is 11.6. The number of carbonyl (C=O) groups is 1. The van der Waals surface area contributed by atoms with Crippen LogP contribution in [-0.2, 0) is 12.8 Å². The quantitative estimate of drug-likeness (QED) is 0.598. The van der Waals surface area contributed by atoms with Gasteiger partial charge in [-0.05, 0) is 12.1 Å². The van der Waals surface area contributed by atoms with Crippen LogP contribution in [0.2, 0.25) is 0 Å². The van der Waals surface area contributed by atoms with Crippen molar-refractivity contribution >= 4 is 18.0 Å². The third-order valence-corrected chi connectivity index (χ3v) is 3.20. The van der Waals surface area contributed by atoms with Crippen molar-refractivity contribution in [2.45, 2.75) is 10.6 Å². The topological polar surface area (TPSA) is 47.8 Å². The lowest BCUT2D eigenvalue weighted by Crippen LogP contribution is -1.94. The fourth-order valence-corrected chi connectivity index (χ4v) is 2.11. The molecule has 0 radical (unpaired) electrons. The molecule has 0 bridgehead atoms.